The van der Waals surface area contributed by atoms with Gasteiger partial charge in [0.15, 0.2) is 0 Å². The molecule has 0 aliphatic carbocycles. The Hall–Kier alpha value is -1.28. The Bertz CT molecular complexity index is 303. The van der Waals surface area contributed by atoms with Crippen LogP contribution in [0.2, 0.25) is 0 Å². The Labute approximate surface area is 79.2 Å². The smallest absolute Gasteiger partial charge is 0.0317 e. The average Bonchev–Trinajstić information content (AvgIpc) is 2.09. The summed E-state index contributed by atoms with van der Waals surface area (Å²) >= 11 is 0. The van der Waals surface area contributed by atoms with Crippen LogP contribution in [0.1, 0.15) is 17.5 Å². The first-order chi connectivity index (χ1) is 6.24. The van der Waals surface area contributed by atoms with Crippen molar-refractivity contribution in [1.82, 2.24) is 0 Å². The fourth-order valence-electron chi connectivity index (χ4n) is 1.19. The highest BCUT2D eigenvalue weighted by atomic mass is 14.5. The molecule has 0 unspecified atom stereocenters. The zero-order valence-corrected chi connectivity index (χ0v) is 7.96. The highest BCUT2D eigenvalue weighted by Gasteiger charge is 1.93. The number of aryl methyl sites for hydroxylation is 1. The van der Waals surface area contributed by atoms with Crippen LogP contribution in [0.25, 0.3) is 6.08 Å². The summed E-state index contributed by atoms with van der Waals surface area (Å²) in [7, 11) is 0. The van der Waals surface area contributed by atoms with Crippen LogP contribution in [0.3, 0.4) is 0 Å². The number of hydrogen-bond acceptors (Lipinski definition) is 2. The average molecular weight is 176 g/mol. The van der Waals surface area contributed by atoms with E-state index in [9.17, 15) is 0 Å². The molecule has 2 heteroatoms. The summed E-state index contributed by atoms with van der Waals surface area (Å²) < 4.78 is 0. The van der Waals surface area contributed by atoms with Crippen molar-refractivity contribution in [3.63, 3.8) is 0 Å². The highest BCUT2D eigenvalue weighted by Crippen LogP contribution is 2.13. The van der Waals surface area contributed by atoms with Crippen LogP contribution < -0.4 is 11.5 Å². The molecule has 2 nitrogen and oxygen atoms in total. The van der Waals surface area contributed by atoms with Gasteiger partial charge in [-0.05, 0) is 43.1 Å². The first-order valence-electron chi connectivity index (χ1n) is 4.47. The Morgan fingerprint density at radius 2 is 2.15 bits per heavy atom. The molecule has 1 aromatic carbocycles. The summed E-state index contributed by atoms with van der Waals surface area (Å²) in [6, 6.07) is 5.91. The molecule has 0 radical (unpaired) electrons. The molecule has 0 aliphatic rings. The Morgan fingerprint density at radius 1 is 1.38 bits per heavy atom. The third-order valence-corrected chi connectivity index (χ3v) is 1.92. The van der Waals surface area contributed by atoms with Crippen LogP contribution in [0.15, 0.2) is 24.3 Å². The first-order valence-corrected chi connectivity index (χ1v) is 4.47. The first kappa shape index (κ1) is 9.81. The molecule has 1 rings (SSSR count). The molecule has 0 saturated carbocycles. The van der Waals surface area contributed by atoms with Crippen LogP contribution >= 0.6 is 0 Å². The lowest BCUT2D eigenvalue weighted by atomic mass is 10.1. The minimum atomic E-state index is 0.699. The van der Waals surface area contributed by atoms with Gasteiger partial charge < -0.3 is 11.5 Å². The molecule has 0 atom stereocenters. The molecule has 70 valence electrons. The molecule has 0 aromatic heterocycles. The zero-order valence-electron chi connectivity index (χ0n) is 7.96. The Kier molecular flexibility index (Phi) is 3.53. The van der Waals surface area contributed by atoms with Gasteiger partial charge in [-0.3, -0.25) is 0 Å². The van der Waals surface area contributed by atoms with Gasteiger partial charge in [-0.25, -0.2) is 0 Å². The van der Waals surface area contributed by atoms with Crippen molar-refractivity contribution in [3.8, 4) is 0 Å². The summed E-state index contributed by atoms with van der Waals surface area (Å²) in [5.74, 6) is 0. The second-order valence-electron chi connectivity index (χ2n) is 3.10. The van der Waals surface area contributed by atoms with Gasteiger partial charge in [-0.2, -0.15) is 0 Å². The molecule has 0 aliphatic heterocycles. The lowest BCUT2D eigenvalue weighted by molar-refractivity contribution is 1.01. The quantitative estimate of drug-likeness (QED) is 0.691. The van der Waals surface area contributed by atoms with Crippen LogP contribution in [0, 0.1) is 6.92 Å². The van der Waals surface area contributed by atoms with Crippen LogP contribution in [-0.2, 0) is 0 Å². The summed E-state index contributed by atoms with van der Waals surface area (Å²) in [6.45, 7) is 2.75. The SMILES string of the molecule is Cc1cc(N)ccc1C=CCCN. The van der Waals surface area contributed by atoms with Crippen molar-refractivity contribution in [2.24, 2.45) is 5.73 Å². The maximum atomic E-state index is 5.64. The van der Waals surface area contributed by atoms with Gasteiger partial charge in [0, 0.05) is 5.69 Å². The van der Waals surface area contributed by atoms with E-state index in [1.54, 1.807) is 0 Å². The van der Waals surface area contributed by atoms with Gasteiger partial charge in [0.05, 0.1) is 0 Å². The Morgan fingerprint density at radius 3 is 2.77 bits per heavy atom. The van der Waals surface area contributed by atoms with Crippen molar-refractivity contribution in [3.05, 3.63) is 35.4 Å². The maximum absolute atomic E-state index is 5.64. The number of anilines is 1. The van der Waals surface area contributed by atoms with Gasteiger partial charge in [-0.1, -0.05) is 18.2 Å². The highest BCUT2D eigenvalue weighted by molar-refractivity contribution is 5.57. The largest absolute Gasteiger partial charge is 0.399 e. The second-order valence-corrected chi connectivity index (χ2v) is 3.10. The normalized spacial score (nSPS) is 10.9. The fourth-order valence-corrected chi connectivity index (χ4v) is 1.19. The number of benzene rings is 1. The lowest BCUT2D eigenvalue weighted by Crippen LogP contribution is -1.95. The molecule has 0 heterocycles. The van der Waals surface area contributed by atoms with Crippen molar-refractivity contribution >= 4 is 11.8 Å². The van der Waals surface area contributed by atoms with Crippen LogP contribution in [0.5, 0.6) is 0 Å². The van der Waals surface area contributed by atoms with E-state index in [0.29, 0.717) is 6.54 Å². The molecule has 0 amide bonds. The van der Waals surface area contributed by atoms with E-state index in [1.165, 1.54) is 11.1 Å². The number of nitrogen functional groups attached to an aromatic ring is 1. The van der Waals surface area contributed by atoms with Crippen molar-refractivity contribution in [1.29, 1.82) is 0 Å². The van der Waals surface area contributed by atoms with Crippen LogP contribution in [0.4, 0.5) is 5.69 Å². The van der Waals surface area contributed by atoms with Gasteiger partial charge in [0.1, 0.15) is 0 Å². The fraction of sp³-hybridized carbons (Fsp3) is 0.273. The lowest BCUT2D eigenvalue weighted by Gasteiger charge is -2.00. The van der Waals surface area contributed by atoms with E-state index in [-0.39, 0.29) is 0 Å². The van der Waals surface area contributed by atoms with Crippen molar-refractivity contribution < 1.29 is 0 Å². The maximum Gasteiger partial charge on any atom is 0.0317 e. The van der Waals surface area contributed by atoms with E-state index < -0.39 is 0 Å². The Balaban J connectivity index is 2.77. The molecule has 0 bridgehead atoms. The number of hydrogen-bond donors (Lipinski definition) is 2. The molecule has 0 saturated heterocycles. The molecular weight excluding hydrogens is 160 g/mol. The third-order valence-electron chi connectivity index (χ3n) is 1.92. The van der Waals surface area contributed by atoms with Crippen molar-refractivity contribution in [2.45, 2.75) is 13.3 Å². The standard InChI is InChI=1S/C11H16N2/c1-9-8-11(13)6-5-10(9)4-2-3-7-12/h2,4-6,8H,3,7,12-13H2,1H3. The molecule has 4 N–H and O–H groups in total. The number of rotatable bonds is 3. The molecule has 0 fully saturated rings. The van der Waals surface area contributed by atoms with Gasteiger partial charge in [0.2, 0.25) is 0 Å². The number of nitrogens with two attached hydrogens (primary N) is 2. The second kappa shape index (κ2) is 4.67. The molecular formula is C11H16N2. The monoisotopic (exact) mass is 176 g/mol. The van der Waals surface area contributed by atoms with E-state index in [4.69, 9.17) is 11.5 Å². The minimum absolute atomic E-state index is 0.699. The van der Waals surface area contributed by atoms with E-state index in [0.717, 1.165) is 12.1 Å². The molecule has 13 heavy (non-hydrogen) atoms. The van der Waals surface area contributed by atoms with Gasteiger partial charge >= 0.3 is 0 Å². The van der Waals surface area contributed by atoms with Crippen molar-refractivity contribution in [2.75, 3.05) is 12.3 Å². The minimum Gasteiger partial charge on any atom is -0.399 e. The van der Waals surface area contributed by atoms with Gasteiger partial charge in [-0.15, -0.1) is 0 Å². The predicted octanol–water partition coefficient (Wildman–Crippen LogP) is 1.94. The van der Waals surface area contributed by atoms with Crippen LogP contribution in [-0.4, -0.2) is 6.54 Å². The molecule has 0 spiro atoms. The summed E-state index contributed by atoms with van der Waals surface area (Å²) in [5.41, 5.74) is 14.2. The van der Waals surface area contributed by atoms with E-state index >= 15 is 0 Å². The summed E-state index contributed by atoms with van der Waals surface area (Å²) in [6.07, 6.45) is 5.09. The predicted molar refractivity (Wildman–Crippen MR) is 58.3 cm³/mol. The van der Waals surface area contributed by atoms with Gasteiger partial charge in [0.25, 0.3) is 0 Å². The topological polar surface area (TPSA) is 52.0 Å². The summed E-state index contributed by atoms with van der Waals surface area (Å²) in [5, 5.41) is 0. The summed E-state index contributed by atoms with van der Waals surface area (Å²) in [4.78, 5) is 0. The molecule has 1 aromatic rings. The van der Waals surface area contributed by atoms with E-state index in [2.05, 4.69) is 19.1 Å². The van der Waals surface area contributed by atoms with E-state index in [1.807, 2.05) is 18.2 Å². The zero-order chi connectivity index (χ0) is 9.68. The third kappa shape index (κ3) is 2.92.